The highest BCUT2D eigenvalue weighted by atomic mass is 16.5. The third-order valence-corrected chi connectivity index (χ3v) is 6.28. The number of methoxy groups -OCH3 is 2. The smallest absolute Gasteiger partial charge is 0.147 e. The Morgan fingerprint density at radius 2 is 1.54 bits per heavy atom. The molecule has 0 atom stereocenters. The maximum absolute atomic E-state index is 9.48. The Labute approximate surface area is 225 Å². The Hall–Kier alpha value is -2.28. The molecular weight excluding hydrogens is 468 g/mol. The molecule has 1 fully saturated rings. The lowest BCUT2D eigenvalue weighted by molar-refractivity contribution is -0.105. The fourth-order valence-corrected chi connectivity index (χ4v) is 4.17. The fourth-order valence-electron chi connectivity index (χ4n) is 4.17. The van der Waals surface area contributed by atoms with Crippen LogP contribution in [0.2, 0.25) is 0 Å². The van der Waals surface area contributed by atoms with E-state index in [1.807, 2.05) is 0 Å². The zero-order valence-corrected chi connectivity index (χ0v) is 23.6. The maximum atomic E-state index is 9.48. The molecule has 0 heterocycles. The Balaban J connectivity index is 0.000000987. The molecule has 0 bridgehead atoms. The zero-order chi connectivity index (χ0) is 27.9. The SMILES string of the molecule is C=C(C)C=O.C=C(C=O)CO.CCCCCC1CCC(c2ccc(OCC(COC)COC)cc2)CC1. The molecule has 0 saturated heterocycles. The molecular formula is C31H50O6. The van der Waals surface area contributed by atoms with E-state index in [0.717, 1.165) is 23.9 Å². The van der Waals surface area contributed by atoms with Crippen LogP contribution in [0.5, 0.6) is 5.75 Å². The monoisotopic (exact) mass is 518 g/mol. The number of benzene rings is 1. The Kier molecular flexibility index (Phi) is 21.5. The van der Waals surface area contributed by atoms with Gasteiger partial charge in [0, 0.05) is 25.7 Å². The lowest BCUT2D eigenvalue weighted by atomic mass is 9.77. The number of aliphatic hydroxyl groups is 1. The number of aliphatic hydroxyl groups excluding tert-OH is 1. The normalized spacial score (nSPS) is 16.5. The Morgan fingerprint density at radius 3 is 1.95 bits per heavy atom. The first kappa shape index (κ1) is 34.7. The van der Waals surface area contributed by atoms with Gasteiger partial charge in [0.2, 0.25) is 0 Å². The minimum absolute atomic E-state index is 0.218. The van der Waals surface area contributed by atoms with Crippen LogP contribution in [-0.2, 0) is 19.1 Å². The van der Waals surface area contributed by atoms with Crippen LogP contribution in [0.4, 0.5) is 0 Å². The first-order valence-electron chi connectivity index (χ1n) is 13.4. The van der Waals surface area contributed by atoms with E-state index < -0.39 is 0 Å². The molecule has 1 aromatic carbocycles. The van der Waals surface area contributed by atoms with Gasteiger partial charge in [0.05, 0.1) is 26.4 Å². The van der Waals surface area contributed by atoms with Crippen LogP contribution in [0, 0.1) is 11.8 Å². The van der Waals surface area contributed by atoms with Crippen molar-refractivity contribution < 1.29 is 28.9 Å². The lowest BCUT2D eigenvalue weighted by Gasteiger charge is -2.29. The van der Waals surface area contributed by atoms with Gasteiger partial charge in [-0.2, -0.15) is 0 Å². The molecule has 0 aromatic heterocycles. The van der Waals surface area contributed by atoms with Crippen LogP contribution in [0.15, 0.2) is 48.6 Å². The first-order chi connectivity index (χ1) is 17.8. The van der Waals surface area contributed by atoms with Crippen LogP contribution >= 0.6 is 0 Å². The number of allylic oxidation sites excluding steroid dienone is 1. The zero-order valence-electron chi connectivity index (χ0n) is 23.6. The largest absolute Gasteiger partial charge is 0.493 e. The van der Waals surface area contributed by atoms with Gasteiger partial charge in [0.1, 0.15) is 18.3 Å². The third-order valence-electron chi connectivity index (χ3n) is 6.28. The molecule has 0 unspecified atom stereocenters. The topological polar surface area (TPSA) is 82.1 Å². The summed E-state index contributed by atoms with van der Waals surface area (Å²) in [5.74, 6) is 2.92. The summed E-state index contributed by atoms with van der Waals surface area (Å²) >= 11 is 0. The second-order valence-corrected chi connectivity index (χ2v) is 9.77. The van der Waals surface area contributed by atoms with Gasteiger partial charge in [-0.1, -0.05) is 57.9 Å². The van der Waals surface area contributed by atoms with E-state index in [9.17, 15) is 9.59 Å². The molecule has 2 rings (SSSR count). The van der Waals surface area contributed by atoms with Crippen LogP contribution in [0.1, 0.15) is 76.7 Å². The van der Waals surface area contributed by atoms with Crippen LogP contribution < -0.4 is 4.74 Å². The molecule has 6 nitrogen and oxygen atoms in total. The van der Waals surface area contributed by atoms with Crippen molar-refractivity contribution in [2.45, 2.75) is 71.1 Å². The minimum atomic E-state index is -0.233. The highest BCUT2D eigenvalue weighted by Crippen LogP contribution is 2.38. The summed E-state index contributed by atoms with van der Waals surface area (Å²) in [4.78, 5) is 18.9. The van der Waals surface area contributed by atoms with Crippen molar-refractivity contribution in [2.75, 3.05) is 40.6 Å². The molecule has 1 aliphatic rings. The molecule has 0 spiro atoms. The molecule has 1 aromatic rings. The van der Waals surface area contributed by atoms with Crippen molar-refractivity contribution in [1.29, 1.82) is 0 Å². The van der Waals surface area contributed by atoms with Gasteiger partial charge in [-0.15, -0.1) is 0 Å². The molecule has 210 valence electrons. The van der Waals surface area contributed by atoms with E-state index in [-0.39, 0.29) is 18.1 Å². The van der Waals surface area contributed by atoms with Gasteiger partial charge in [-0.05, 0) is 67.7 Å². The summed E-state index contributed by atoms with van der Waals surface area (Å²) in [5.41, 5.74) is 2.27. The molecule has 1 N–H and O–H groups in total. The predicted octanol–water partition coefficient (Wildman–Crippen LogP) is 6.32. The summed E-state index contributed by atoms with van der Waals surface area (Å²) < 4.78 is 16.4. The summed E-state index contributed by atoms with van der Waals surface area (Å²) in [6.45, 7) is 12.1. The molecule has 6 heteroatoms. The van der Waals surface area contributed by atoms with Crippen LogP contribution in [0.3, 0.4) is 0 Å². The predicted molar refractivity (Wildman–Crippen MR) is 151 cm³/mol. The third kappa shape index (κ3) is 17.7. The standard InChI is InChI=1S/C23H38O3.C4H6O2.C4H6O/c1-4-5-6-7-19-8-10-21(11-9-19)22-12-14-23(15-13-22)26-18-20(16-24-2)17-25-3;1-4(2-5)3-6;1-4(2)3-5/h12-15,19-21H,4-11,16-18H2,1-3H3;2,6H,1,3H2;3H,1H2,2H3. The number of ether oxygens (including phenoxy) is 3. The van der Waals surface area contributed by atoms with Crippen molar-refractivity contribution in [2.24, 2.45) is 11.8 Å². The van der Waals surface area contributed by atoms with E-state index in [2.05, 4.69) is 44.3 Å². The maximum Gasteiger partial charge on any atom is 0.147 e. The number of carbonyl (C=O) groups is 2. The second kappa shape index (κ2) is 22.9. The summed E-state index contributed by atoms with van der Waals surface area (Å²) in [6.07, 6.45) is 12.4. The minimum Gasteiger partial charge on any atom is -0.493 e. The second-order valence-electron chi connectivity index (χ2n) is 9.77. The number of carbonyl (C=O) groups excluding carboxylic acids is 2. The van der Waals surface area contributed by atoms with Crippen LogP contribution in [-0.4, -0.2) is 58.3 Å². The summed E-state index contributed by atoms with van der Waals surface area (Å²) in [6, 6.07) is 8.77. The average Bonchev–Trinajstić information content (AvgIpc) is 2.93. The van der Waals surface area contributed by atoms with E-state index in [0.29, 0.717) is 31.7 Å². The summed E-state index contributed by atoms with van der Waals surface area (Å²) in [5, 5.41) is 8.00. The first-order valence-corrected chi connectivity index (χ1v) is 13.4. The molecule has 0 aliphatic heterocycles. The Morgan fingerprint density at radius 1 is 0.973 bits per heavy atom. The number of hydrogen-bond donors (Lipinski definition) is 1. The van der Waals surface area contributed by atoms with E-state index >= 15 is 0 Å². The molecule has 1 aliphatic carbocycles. The number of unbranched alkanes of at least 4 members (excludes halogenated alkanes) is 2. The number of hydrogen-bond acceptors (Lipinski definition) is 6. The van der Waals surface area contributed by atoms with Gasteiger partial charge in [0.25, 0.3) is 0 Å². The van der Waals surface area contributed by atoms with Crippen LogP contribution in [0.25, 0.3) is 0 Å². The highest BCUT2D eigenvalue weighted by molar-refractivity contribution is 5.72. The van der Waals surface area contributed by atoms with Crippen molar-refractivity contribution in [3.63, 3.8) is 0 Å². The van der Waals surface area contributed by atoms with Crippen molar-refractivity contribution in [3.8, 4) is 5.75 Å². The summed E-state index contributed by atoms with van der Waals surface area (Å²) in [7, 11) is 3.44. The van der Waals surface area contributed by atoms with Gasteiger partial charge < -0.3 is 19.3 Å². The van der Waals surface area contributed by atoms with E-state index in [1.165, 1.54) is 56.9 Å². The lowest BCUT2D eigenvalue weighted by Crippen LogP contribution is -2.22. The van der Waals surface area contributed by atoms with Crippen molar-refractivity contribution in [1.82, 2.24) is 0 Å². The van der Waals surface area contributed by atoms with E-state index in [4.69, 9.17) is 19.3 Å². The van der Waals surface area contributed by atoms with E-state index in [1.54, 1.807) is 21.1 Å². The average molecular weight is 519 g/mol. The molecule has 37 heavy (non-hydrogen) atoms. The highest BCUT2D eigenvalue weighted by Gasteiger charge is 2.22. The number of aldehydes is 2. The molecule has 0 amide bonds. The quantitative estimate of drug-likeness (QED) is 0.166. The van der Waals surface area contributed by atoms with Crippen molar-refractivity contribution in [3.05, 3.63) is 54.1 Å². The Bertz CT molecular complexity index is 729. The molecule has 1 saturated carbocycles. The van der Waals surface area contributed by atoms with Crippen molar-refractivity contribution >= 4 is 12.6 Å². The van der Waals surface area contributed by atoms with Gasteiger partial charge in [-0.25, -0.2) is 0 Å². The van der Waals surface area contributed by atoms with Gasteiger partial charge in [-0.3, -0.25) is 9.59 Å². The molecule has 0 radical (unpaired) electrons. The fraction of sp³-hybridized carbons (Fsp3) is 0.613. The number of rotatable bonds is 15. The van der Waals surface area contributed by atoms with Gasteiger partial charge in [0.15, 0.2) is 0 Å². The van der Waals surface area contributed by atoms with Gasteiger partial charge >= 0.3 is 0 Å².